The molecule has 3 heteroatoms. The molecular formula is C29H32N2O. The van der Waals surface area contributed by atoms with Crippen molar-refractivity contribution >= 4 is 11.6 Å². The molecule has 0 aromatic heterocycles. The van der Waals surface area contributed by atoms with Gasteiger partial charge >= 0.3 is 0 Å². The van der Waals surface area contributed by atoms with E-state index in [1.165, 1.54) is 27.8 Å². The van der Waals surface area contributed by atoms with Crippen LogP contribution in [0.4, 0.5) is 5.69 Å². The monoisotopic (exact) mass is 424 g/mol. The van der Waals surface area contributed by atoms with Crippen molar-refractivity contribution in [1.29, 1.82) is 0 Å². The molecule has 1 spiro atoms. The maximum atomic E-state index is 13.5. The number of aryl methyl sites for hydroxylation is 3. The predicted octanol–water partition coefficient (Wildman–Crippen LogP) is 5.81. The molecule has 3 aromatic rings. The Morgan fingerprint density at radius 3 is 2.25 bits per heavy atom. The fraction of sp³-hybridized carbons (Fsp3) is 0.345. The summed E-state index contributed by atoms with van der Waals surface area (Å²) in [7, 11) is 0. The summed E-state index contributed by atoms with van der Waals surface area (Å²) in [5, 5.41) is 0. The van der Waals surface area contributed by atoms with E-state index in [9.17, 15) is 4.79 Å². The molecule has 164 valence electrons. The minimum atomic E-state index is 0.0603. The minimum Gasteiger partial charge on any atom is -0.307 e. The van der Waals surface area contributed by atoms with Gasteiger partial charge in [-0.05, 0) is 76.0 Å². The molecule has 1 saturated heterocycles. The minimum absolute atomic E-state index is 0.0603. The first-order valence-corrected chi connectivity index (χ1v) is 11.7. The molecule has 0 bridgehead atoms. The van der Waals surface area contributed by atoms with Crippen molar-refractivity contribution in [3.8, 4) is 0 Å². The number of likely N-dealkylation sites (tertiary alicyclic amines) is 1. The van der Waals surface area contributed by atoms with E-state index in [0.717, 1.165) is 50.3 Å². The first-order valence-electron chi connectivity index (χ1n) is 11.7. The third-order valence-electron chi connectivity index (χ3n) is 7.32. The molecule has 1 fully saturated rings. The van der Waals surface area contributed by atoms with E-state index in [2.05, 4.69) is 68.1 Å². The average molecular weight is 425 g/mol. The number of amides is 1. The Morgan fingerprint density at radius 2 is 1.53 bits per heavy atom. The SMILES string of the molecule is Cc1ccc(C(=O)N2CC3(CCN(Cc4cccc(C)c4)CC3)c3cc(C)ccc32)cc1. The molecule has 0 radical (unpaired) electrons. The third-order valence-corrected chi connectivity index (χ3v) is 7.32. The molecule has 32 heavy (non-hydrogen) atoms. The molecule has 0 aliphatic carbocycles. The zero-order valence-corrected chi connectivity index (χ0v) is 19.4. The van der Waals surface area contributed by atoms with Gasteiger partial charge in [0.25, 0.3) is 5.91 Å². The van der Waals surface area contributed by atoms with Crippen LogP contribution in [0.2, 0.25) is 0 Å². The zero-order chi connectivity index (χ0) is 22.3. The molecule has 0 atom stereocenters. The van der Waals surface area contributed by atoms with Crippen molar-refractivity contribution in [3.05, 3.63) is 100 Å². The van der Waals surface area contributed by atoms with Crippen LogP contribution in [0.15, 0.2) is 66.7 Å². The Balaban J connectivity index is 1.38. The molecule has 0 saturated carbocycles. The molecule has 3 aromatic carbocycles. The van der Waals surface area contributed by atoms with Gasteiger partial charge in [0.05, 0.1) is 0 Å². The number of hydrogen-bond acceptors (Lipinski definition) is 2. The summed E-state index contributed by atoms with van der Waals surface area (Å²) < 4.78 is 0. The smallest absolute Gasteiger partial charge is 0.258 e. The van der Waals surface area contributed by atoms with Crippen molar-refractivity contribution in [3.63, 3.8) is 0 Å². The van der Waals surface area contributed by atoms with E-state index >= 15 is 0 Å². The van der Waals surface area contributed by atoms with Gasteiger partial charge in [-0.1, -0.05) is 65.2 Å². The van der Waals surface area contributed by atoms with Crippen molar-refractivity contribution in [2.45, 2.75) is 45.6 Å². The van der Waals surface area contributed by atoms with Gasteiger partial charge in [-0.25, -0.2) is 0 Å². The molecular weight excluding hydrogens is 392 g/mol. The van der Waals surface area contributed by atoms with Crippen LogP contribution in [0.3, 0.4) is 0 Å². The molecule has 0 unspecified atom stereocenters. The van der Waals surface area contributed by atoms with Gasteiger partial charge in [0.15, 0.2) is 0 Å². The largest absolute Gasteiger partial charge is 0.307 e. The van der Waals surface area contributed by atoms with Gasteiger partial charge in [0, 0.05) is 29.8 Å². The highest BCUT2D eigenvalue weighted by Gasteiger charge is 2.46. The van der Waals surface area contributed by atoms with Crippen molar-refractivity contribution in [2.24, 2.45) is 0 Å². The number of rotatable bonds is 3. The van der Waals surface area contributed by atoms with E-state index < -0.39 is 0 Å². The molecule has 2 heterocycles. The van der Waals surface area contributed by atoms with E-state index in [1.54, 1.807) is 0 Å². The van der Waals surface area contributed by atoms with E-state index in [-0.39, 0.29) is 11.3 Å². The second-order valence-corrected chi connectivity index (χ2v) is 9.82. The summed E-state index contributed by atoms with van der Waals surface area (Å²) in [4.78, 5) is 18.1. The number of piperidine rings is 1. The van der Waals surface area contributed by atoms with Gasteiger partial charge < -0.3 is 4.90 Å². The lowest BCUT2D eigenvalue weighted by Gasteiger charge is -2.40. The second-order valence-electron chi connectivity index (χ2n) is 9.82. The van der Waals surface area contributed by atoms with Crippen molar-refractivity contribution < 1.29 is 4.79 Å². The fourth-order valence-corrected chi connectivity index (χ4v) is 5.45. The second kappa shape index (κ2) is 8.22. The summed E-state index contributed by atoms with van der Waals surface area (Å²) >= 11 is 0. The van der Waals surface area contributed by atoms with Crippen LogP contribution in [0, 0.1) is 20.8 Å². The quantitative estimate of drug-likeness (QED) is 0.530. The highest BCUT2D eigenvalue weighted by molar-refractivity contribution is 6.07. The number of carbonyl (C=O) groups is 1. The molecule has 5 rings (SSSR count). The maximum absolute atomic E-state index is 13.5. The third kappa shape index (κ3) is 3.86. The van der Waals surface area contributed by atoms with Gasteiger partial charge in [0.2, 0.25) is 0 Å². The number of nitrogens with zero attached hydrogens (tertiary/aromatic N) is 2. The van der Waals surface area contributed by atoms with Crippen LogP contribution in [0.1, 0.15) is 51.0 Å². The standard InChI is InChI=1S/C29H32N2O/c1-21-7-10-25(11-8-21)28(32)31-20-29(26-18-23(3)9-12-27(26)31)13-15-30(16-14-29)19-24-6-4-5-22(2)17-24/h4-12,17-18H,13-16,19-20H2,1-3H3. The molecule has 2 aliphatic rings. The van der Waals surface area contributed by atoms with Crippen LogP contribution in [0.25, 0.3) is 0 Å². The molecule has 3 nitrogen and oxygen atoms in total. The van der Waals surface area contributed by atoms with Gasteiger partial charge in [-0.2, -0.15) is 0 Å². The topological polar surface area (TPSA) is 23.6 Å². The Kier molecular flexibility index (Phi) is 5.38. The summed E-state index contributed by atoms with van der Waals surface area (Å²) in [6.45, 7) is 10.3. The highest BCUT2D eigenvalue weighted by Crippen LogP contribution is 2.48. The van der Waals surface area contributed by atoms with Gasteiger partial charge in [-0.3, -0.25) is 9.69 Å². The number of benzene rings is 3. The van der Waals surface area contributed by atoms with Gasteiger partial charge in [-0.15, -0.1) is 0 Å². The van der Waals surface area contributed by atoms with Crippen LogP contribution >= 0.6 is 0 Å². The van der Waals surface area contributed by atoms with E-state index in [1.807, 2.05) is 29.2 Å². The highest BCUT2D eigenvalue weighted by atomic mass is 16.2. The Morgan fingerprint density at radius 1 is 0.844 bits per heavy atom. The summed E-state index contributed by atoms with van der Waals surface area (Å²) in [6.07, 6.45) is 2.18. The normalized spacial score (nSPS) is 17.5. The molecule has 2 aliphatic heterocycles. The van der Waals surface area contributed by atoms with Gasteiger partial charge in [0.1, 0.15) is 0 Å². The molecule has 0 N–H and O–H groups in total. The van der Waals surface area contributed by atoms with E-state index in [0.29, 0.717) is 0 Å². The lowest BCUT2D eigenvalue weighted by Crippen LogP contribution is -2.45. The van der Waals surface area contributed by atoms with Crippen molar-refractivity contribution in [2.75, 3.05) is 24.5 Å². The van der Waals surface area contributed by atoms with Crippen LogP contribution < -0.4 is 4.90 Å². The van der Waals surface area contributed by atoms with Crippen LogP contribution in [-0.2, 0) is 12.0 Å². The predicted molar refractivity (Wildman–Crippen MR) is 131 cm³/mol. The first-order chi connectivity index (χ1) is 15.4. The lowest BCUT2D eigenvalue weighted by atomic mass is 9.74. The summed E-state index contributed by atoms with van der Waals surface area (Å²) in [5.41, 5.74) is 8.47. The summed E-state index contributed by atoms with van der Waals surface area (Å²) in [5.74, 6) is 0.120. The average Bonchev–Trinajstić information content (AvgIpc) is 3.09. The Labute approximate surface area is 191 Å². The first kappa shape index (κ1) is 21.0. The molecule has 1 amide bonds. The summed E-state index contributed by atoms with van der Waals surface area (Å²) in [6, 6.07) is 23.4. The Bertz CT molecular complexity index is 1140. The number of carbonyl (C=O) groups excluding carboxylic acids is 1. The number of hydrogen-bond donors (Lipinski definition) is 0. The zero-order valence-electron chi connectivity index (χ0n) is 19.4. The van der Waals surface area contributed by atoms with Crippen LogP contribution in [-0.4, -0.2) is 30.4 Å². The maximum Gasteiger partial charge on any atom is 0.258 e. The Hall–Kier alpha value is -2.91. The fourth-order valence-electron chi connectivity index (χ4n) is 5.45. The van der Waals surface area contributed by atoms with Crippen molar-refractivity contribution in [1.82, 2.24) is 4.90 Å². The van der Waals surface area contributed by atoms with E-state index in [4.69, 9.17) is 0 Å². The lowest BCUT2D eigenvalue weighted by molar-refractivity contribution is 0.0975. The number of fused-ring (bicyclic) bond motifs is 2. The van der Waals surface area contributed by atoms with Crippen LogP contribution in [0.5, 0.6) is 0 Å². The number of anilines is 1.